The van der Waals surface area contributed by atoms with E-state index in [2.05, 4.69) is 26.6 Å². The molecule has 8 heteroatoms. The molecule has 1 aromatic carbocycles. The van der Waals surface area contributed by atoms with Crippen LogP contribution in [0.1, 0.15) is 47.0 Å². The number of aromatic nitrogens is 4. The average molecular weight is 392 g/mol. The molecular formula is C21H24N6O2. The Kier molecular flexibility index (Phi) is 4.15. The summed E-state index contributed by atoms with van der Waals surface area (Å²) < 4.78 is 7.36. The minimum atomic E-state index is -0.110. The summed E-state index contributed by atoms with van der Waals surface area (Å²) in [7, 11) is 1.92. The van der Waals surface area contributed by atoms with E-state index >= 15 is 0 Å². The predicted molar refractivity (Wildman–Crippen MR) is 108 cm³/mol. The maximum absolute atomic E-state index is 12.9. The van der Waals surface area contributed by atoms with Crippen molar-refractivity contribution in [2.45, 2.75) is 45.6 Å². The molecule has 2 aromatic heterocycles. The minimum absolute atomic E-state index is 0.110. The van der Waals surface area contributed by atoms with E-state index in [1.165, 1.54) is 5.56 Å². The molecule has 29 heavy (non-hydrogen) atoms. The maximum atomic E-state index is 12.9. The van der Waals surface area contributed by atoms with E-state index in [0.29, 0.717) is 30.6 Å². The molecule has 1 fully saturated rings. The number of nitrogens with one attached hydrogen (secondary N) is 1. The van der Waals surface area contributed by atoms with E-state index in [0.717, 1.165) is 47.6 Å². The van der Waals surface area contributed by atoms with Gasteiger partial charge in [-0.1, -0.05) is 22.9 Å². The molecule has 1 saturated carbocycles. The minimum Gasteiger partial charge on any atom is -0.332 e. The highest BCUT2D eigenvalue weighted by atomic mass is 16.5. The number of carbonyl (C=O) groups is 1. The van der Waals surface area contributed by atoms with E-state index in [-0.39, 0.29) is 6.03 Å². The Labute approximate surface area is 168 Å². The highest BCUT2D eigenvalue weighted by Gasteiger charge is 2.32. The number of fused-ring (bicyclic) bond motifs is 1. The van der Waals surface area contributed by atoms with Gasteiger partial charge in [-0.05, 0) is 38.3 Å². The molecule has 0 spiro atoms. The fourth-order valence-electron chi connectivity index (χ4n) is 3.92. The lowest BCUT2D eigenvalue weighted by Crippen LogP contribution is -2.39. The zero-order valence-electron chi connectivity index (χ0n) is 16.9. The number of hydrogen-bond acceptors (Lipinski definition) is 5. The molecule has 5 rings (SSSR count). The van der Waals surface area contributed by atoms with E-state index in [9.17, 15) is 4.79 Å². The second kappa shape index (κ2) is 6.72. The number of carbonyl (C=O) groups excluding carboxylic acids is 1. The Morgan fingerprint density at radius 3 is 2.86 bits per heavy atom. The molecule has 3 aromatic rings. The Bertz CT molecular complexity index is 1090. The topological polar surface area (TPSA) is 89.1 Å². The number of urea groups is 1. The molecule has 0 saturated heterocycles. The SMILES string of the molecule is Cc1ccc(NC(=O)N2CCc3c(c(-c4nc(C5CC5)no4)nn3C)C2)c(C)c1. The molecule has 0 radical (unpaired) electrons. The van der Waals surface area contributed by atoms with Crippen molar-refractivity contribution >= 4 is 11.7 Å². The van der Waals surface area contributed by atoms with Gasteiger partial charge in [0.2, 0.25) is 0 Å². The first-order chi connectivity index (χ1) is 14.0. The second-order valence-electron chi connectivity index (χ2n) is 8.05. The summed E-state index contributed by atoms with van der Waals surface area (Å²) in [5.74, 6) is 1.63. The first-order valence-electron chi connectivity index (χ1n) is 10.0. The van der Waals surface area contributed by atoms with E-state index in [1.54, 1.807) is 0 Å². The van der Waals surface area contributed by atoms with Crippen LogP contribution in [0.25, 0.3) is 11.6 Å². The second-order valence-corrected chi connectivity index (χ2v) is 8.05. The van der Waals surface area contributed by atoms with Gasteiger partial charge in [-0.3, -0.25) is 4.68 Å². The highest BCUT2D eigenvalue weighted by Crippen LogP contribution is 2.39. The van der Waals surface area contributed by atoms with Crippen LogP contribution in [0.15, 0.2) is 22.7 Å². The summed E-state index contributed by atoms with van der Waals surface area (Å²) in [5, 5.41) is 11.8. The number of nitrogens with zero attached hydrogens (tertiary/aromatic N) is 5. The van der Waals surface area contributed by atoms with Crippen molar-refractivity contribution in [2.24, 2.45) is 7.05 Å². The van der Waals surface area contributed by atoms with Crippen LogP contribution >= 0.6 is 0 Å². The molecule has 8 nitrogen and oxygen atoms in total. The Morgan fingerprint density at radius 2 is 2.10 bits per heavy atom. The van der Waals surface area contributed by atoms with Crippen molar-refractivity contribution in [2.75, 3.05) is 11.9 Å². The van der Waals surface area contributed by atoms with Crippen molar-refractivity contribution in [1.29, 1.82) is 0 Å². The van der Waals surface area contributed by atoms with Crippen molar-refractivity contribution in [3.63, 3.8) is 0 Å². The first kappa shape index (κ1) is 17.9. The van der Waals surface area contributed by atoms with Crippen LogP contribution in [-0.4, -0.2) is 37.4 Å². The van der Waals surface area contributed by atoms with E-state index < -0.39 is 0 Å². The maximum Gasteiger partial charge on any atom is 0.322 e. The number of benzene rings is 1. The zero-order valence-corrected chi connectivity index (χ0v) is 16.9. The molecule has 2 aliphatic rings. The summed E-state index contributed by atoms with van der Waals surface area (Å²) in [6.45, 7) is 5.15. The fraction of sp³-hybridized carbons (Fsp3) is 0.429. The van der Waals surface area contributed by atoms with Crippen molar-refractivity contribution in [1.82, 2.24) is 24.8 Å². The van der Waals surface area contributed by atoms with Crippen molar-refractivity contribution in [3.05, 3.63) is 46.4 Å². The van der Waals surface area contributed by atoms with Crippen LogP contribution in [0.2, 0.25) is 0 Å². The summed E-state index contributed by atoms with van der Waals surface area (Å²) >= 11 is 0. The number of amides is 2. The Balaban J connectivity index is 1.38. The predicted octanol–water partition coefficient (Wildman–Crippen LogP) is 3.55. The van der Waals surface area contributed by atoms with Crippen LogP contribution in [0, 0.1) is 13.8 Å². The molecule has 1 aliphatic carbocycles. The Hall–Kier alpha value is -3.16. The number of rotatable bonds is 3. The van der Waals surface area contributed by atoms with Gasteiger partial charge in [-0.2, -0.15) is 10.1 Å². The van der Waals surface area contributed by atoms with Crippen LogP contribution < -0.4 is 5.32 Å². The molecule has 0 unspecified atom stereocenters. The summed E-state index contributed by atoms with van der Waals surface area (Å²) in [6.07, 6.45) is 2.97. The third-order valence-corrected chi connectivity index (χ3v) is 5.74. The molecule has 0 atom stereocenters. The van der Waals surface area contributed by atoms with Gasteiger partial charge < -0.3 is 14.7 Å². The lowest BCUT2D eigenvalue weighted by Gasteiger charge is -2.28. The molecule has 3 heterocycles. The Morgan fingerprint density at radius 1 is 1.28 bits per heavy atom. The van der Waals surface area contributed by atoms with Crippen molar-refractivity contribution in [3.8, 4) is 11.6 Å². The number of anilines is 1. The van der Waals surface area contributed by atoms with E-state index in [4.69, 9.17) is 4.52 Å². The average Bonchev–Trinajstić information content (AvgIpc) is 3.35. The summed E-state index contributed by atoms with van der Waals surface area (Å²) in [5.41, 5.74) is 5.85. The van der Waals surface area contributed by atoms with Crippen LogP contribution in [0.3, 0.4) is 0 Å². The van der Waals surface area contributed by atoms with Gasteiger partial charge >= 0.3 is 6.03 Å². The third-order valence-electron chi connectivity index (χ3n) is 5.74. The van der Waals surface area contributed by atoms with Gasteiger partial charge in [0.25, 0.3) is 5.89 Å². The van der Waals surface area contributed by atoms with Gasteiger partial charge in [0, 0.05) is 42.9 Å². The van der Waals surface area contributed by atoms with Gasteiger partial charge in [-0.25, -0.2) is 4.79 Å². The van der Waals surface area contributed by atoms with Crippen LogP contribution in [0.5, 0.6) is 0 Å². The van der Waals surface area contributed by atoms with E-state index in [1.807, 2.05) is 42.6 Å². The highest BCUT2D eigenvalue weighted by molar-refractivity contribution is 5.90. The largest absolute Gasteiger partial charge is 0.332 e. The molecule has 0 bridgehead atoms. The fourth-order valence-corrected chi connectivity index (χ4v) is 3.92. The monoisotopic (exact) mass is 392 g/mol. The quantitative estimate of drug-likeness (QED) is 0.736. The van der Waals surface area contributed by atoms with Crippen molar-refractivity contribution < 1.29 is 9.32 Å². The summed E-state index contributed by atoms with van der Waals surface area (Å²) in [4.78, 5) is 19.3. The zero-order chi connectivity index (χ0) is 20.1. The lowest BCUT2D eigenvalue weighted by atomic mass is 10.1. The number of hydrogen-bond donors (Lipinski definition) is 1. The molecular weight excluding hydrogens is 368 g/mol. The smallest absolute Gasteiger partial charge is 0.322 e. The normalized spacial score (nSPS) is 16.0. The molecule has 1 aliphatic heterocycles. The molecule has 1 N–H and O–H groups in total. The lowest BCUT2D eigenvalue weighted by molar-refractivity contribution is 0.206. The molecule has 2 amide bonds. The first-order valence-corrected chi connectivity index (χ1v) is 10.0. The summed E-state index contributed by atoms with van der Waals surface area (Å²) in [6, 6.07) is 5.91. The van der Waals surface area contributed by atoms with Crippen LogP contribution in [0.4, 0.5) is 10.5 Å². The van der Waals surface area contributed by atoms with Gasteiger partial charge in [0.15, 0.2) is 11.5 Å². The van der Waals surface area contributed by atoms with Gasteiger partial charge in [0.05, 0.1) is 6.54 Å². The number of aryl methyl sites for hydroxylation is 3. The van der Waals surface area contributed by atoms with Crippen LogP contribution in [-0.2, 0) is 20.0 Å². The van der Waals surface area contributed by atoms with Gasteiger partial charge in [0.1, 0.15) is 0 Å². The molecule has 150 valence electrons. The third kappa shape index (κ3) is 3.28. The standard InChI is InChI=1S/C21H24N6O2/c1-12-4-7-16(13(2)10-12)22-21(28)27-9-8-17-15(11-27)18(24-26(17)3)20-23-19(25-29-20)14-5-6-14/h4,7,10,14H,5-6,8-9,11H2,1-3H3,(H,22,28). The van der Waals surface area contributed by atoms with Gasteiger partial charge in [-0.15, -0.1) is 0 Å².